The number of nitrogens with zero attached hydrogens (tertiary/aromatic N) is 2. The van der Waals surface area contributed by atoms with E-state index in [1.165, 1.54) is 0 Å². The number of nitrogens with one attached hydrogen (secondary N) is 2. The molecule has 180 valence electrons. The van der Waals surface area contributed by atoms with Gasteiger partial charge in [-0.3, -0.25) is 9.59 Å². The maximum absolute atomic E-state index is 12.5. The van der Waals surface area contributed by atoms with Gasteiger partial charge in [-0.2, -0.15) is 0 Å². The van der Waals surface area contributed by atoms with Gasteiger partial charge in [0.05, 0.1) is 0 Å². The normalized spacial score (nSPS) is 14.4. The minimum absolute atomic E-state index is 0.0835. The van der Waals surface area contributed by atoms with Crippen molar-refractivity contribution in [1.29, 1.82) is 0 Å². The third-order valence-electron chi connectivity index (χ3n) is 6.58. The predicted octanol–water partition coefficient (Wildman–Crippen LogP) is 4.29. The van der Waals surface area contributed by atoms with Crippen LogP contribution in [-0.2, 0) is 22.5 Å². The number of hydrogen-bond donors (Lipinski definition) is 2. The van der Waals surface area contributed by atoms with Gasteiger partial charge in [-0.15, -0.1) is 0 Å². The number of fused-ring (bicyclic) bond motifs is 1. The number of aryl methyl sites for hydroxylation is 2. The highest BCUT2D eigenvalue weighted by molar-refractivity contribution is 6.01. The molecule has 3 heterocycles. The maximum atomic E-state index is 12.5. The highest BCUT2D eigenvalue weighted by Gasteiger charge is 2.23. The van der Waals surface area contributed by atoms with Gasteiger partial charge in [-0.05, 0) is 75.9 Å². The highest BCUT2D eigenvalue weighted by atomic mass is 16.5. The molecule has 2 aromatic heterocycles. The van der Waals surface area contributed by atoms with Crippen molar-refractivity contribution in [1.82, 2.24) is 9.97 Å². The summed E-state index contributed by atoms with van der Waals surface area (Å²) in [6.07, 6.45) is 4.15. The van der Waals surface area contributed by atoms with Gasteiger partial charge in [0, 0.05) is 72.7 Å². The largest absolute Gasteiger partial charge is 0.381 e. The smallest absolute Gasteiger partial charge is 0.253 e. The molecular weight excluding hydrogens is 428 g/mol. The van der Waals surface area contributed by atoms with Gasteiger partial charge in [0.25, 0.3) is 5.56 Å². The van der Waals surface area contributed by atoms with Gasteiger partial charge in [-0.1, -0.05) is 0 Å². The third-order valence-corrected chi connectivity index (χ3v) is 6.58. The van der Waals surface area contributed by atoms with E-state index in [2.05, 4.69) is 39.2 Å². The number of aromatic amines is 1. The third kappa shape index (κ3) is 5.14. The summed E-state index contributed by atoms with van der Waals surface area (Å²) in [5.74, 6) is 0.839. The number of H-pyrrole nitrogens is 1. The van der Waals surface area contributed by atoms with Crippen LogP contribution in [0.1, 0.15) is 49.1 Å². The van der Waals surface area contributed by atoms with Crippen LogP contribution < -0.4 is 15.8 Å². The molecule has 7 heteroatoms. The predicted molar refractivity (Wildman–Crippen MR) is 137 cm³/mol. The summed E-state index contributed by atoms with van der Waals surface area (Å²) < 4.78 is 5.59. The summed E-state index contributed by atoms with van der Waals surface area (Å²) in [5, 5.41) is 5.45. The van der Waals surface area contributed by atoms with Crippen molar-refractivity contribution in [3.05, 3.63) is 63.2 Å². The molecule has 0 aliphatic carbocycles. The number of carbonyl (C=O) groups excluding carboxylic acids is 1. The minimum Gasteiger partial charge on any atom is -0.381 e. The average molecular weight is 463 g/mol. The molecule has 2 N–H and O–H groups in total. The van der Waals surface area contributed by atoms with Crippen LogP contribution in [0.25, 0.3) is 10.8 Å². The van der Waals surface area contributed by atoms with Crippen molar-refractivity contribution in [3.8, 4) is 0 Å². The molecule has 1 saturated heterocycles. The zero-order valence-electron chi connectivity index (χ0n) is 20.5. The van der Waals surface area contributed by atoms with Gasteiger partial charge in [0.1, 0.15) is 11.6 Å². The van der Waals surface area contributed by atoms with E-state index < -0.39 is 0 Å². The molecule has 1 fully saturated rings. The Morgan fingerprint density at radius 3 is 2.65 bits per heavy atom. The van der Waals surface area contributed by atoms with Gasteiger partial charge in [0.15, 0.2) is 0 Å². The van der Waals surface area contributed by atoms with Gasteiger partial charge in [-0.25, -0.2) is 4.98 Å². The van der Waals surface area contributed by atoms with Crippen LogP contribution in [0.2, 0.25) is 0 Å². The fourth-order valence-electron chi connectivity index (χ4n) is 4.99. The summed E-state index contributed by atoms with van der Waals surface area (Å²) in [4.78, 5) is 34.4. The Labute approximate surface area is 200 Å². The second-order valence-electron chi connectivity index (χ2n) is 9.17. The van der Waals surface area contributed by atoms with Crippen molar-refractivity contribution in [2.24, 2.45) is 0 Å². The van der Waals surface area contributed by atoms with Gasteiger partial charge >= 0.3 is 0 Å². The average Bonchev–Trinajstić information content (AvgIpc) is 2.79. The molecule has 4 rings (SSSR count). The van der Waals surface area contributed by atoms with E-state index >= 15 is 0 Å². The first-order valence-corrected chi connectivity index (χ1v) is 12.1. The standard InChI is InChI=1S/C27H34N4O3/c1-5-31(21-7-10-34-11-8-21)25-15-20(13-19(4)32)14-23-22(25)6-9-28-26(23)29-16-24-17(2)12-18(3)30-27(24)33/h6,9,12,14-15,21H,5,7-8,10-11,13,16H2,1-4H3,(H,28,29)(H,30,33). The molecule has 7 nitrogen and oxygen atoms in total. The summed E-state index contributed by atoms with van der Waals surface area (Å²) >= 11 is 0. The van der Waals surface area contributed by atoms with E-state index in [1.54, 1.807) is 6.92 Å². The maximum Gasteiger partial charge on any atom is 0.253 e. The molecular formula is C27H34N4O3. The van der Waals surface area contributed by atoms with Crippen molar-refractivity contribution in [3.63, 3.8) is 0 Å². The van der Waals surface area contributed by atoms with E-state index in [9.17, 15) is 9.59 Å². The zero-order chi connectivity index (χ0) is 24.2. The lowest BCUT2D eigenvalue weighted by Crippen LogP contribution is -2.39. The number of ketones is 1. The van der Waals surface area contributed by atoms with Gasteiger partial charge < -0.3 is 19.9 Å². The first kappa shape index (κ1) is 24.0. The summed E-state index contributed by atoms with van der Waals surface area (Å²) in [6.45, 7) is 10.4. The Hall–Kier alpha value is -3.19. The van der Waals surface area contributed by atoms with Gasteiger partial charge in [0.2, 0.25) is 0 Å². The first-order chi connectivity index (χ1) is 16.4. The zero-order valence-corrected chi connectivity index (χ0v) is 20.5. The molecule has 0 amide bonds. The van der Waals surface area contributed by atoms with E-state index in [4.69, 9.17) is 4.74 Å². The van der Waals surface area contributed by atoms with Crippen molar-refractivity contribution >= 4 is 28.1 Å². The van der Waals surface area contributed by atoms with Crippen LogP contribution in [0.3, 0.4) is 0 Å². The summed E-state index contributed by atoms with van der Waals surface area (Å²) in [7, 11) is 0. The molecule has 0 radical (unpaired) electrons. The molecule has 0 bridgehead atoms. The second kappa shape index (κ2) is 10.4. The number of pyridine rings is 2. The van der Waals surface area contributed by atoms with Crippen molar-refractivity contribution in [2.75, 3.05) is 30.0 Å². The summed E-state index contributed by atoms with van der Waals surface area (Å²) in [6, 6.07) is 8.62. The highest BCUT2D eigenvalue weighted by Crippen LogP contribution is 2.35. The van der Waals surface area contributed by atoms with E-state index in [1.807, 2.05) is 32.2 Å². The lowest BCUT2D eigenvalue weighted by Gasteiger charge is -2.36. The number of ether oxygens (including phenoxy) is 1. The lowest BCUT2D eigenvalue weighted by molar-refractivity contribution is -0.116. The Morgan fingerprint density at radius 1 is 1.21 bits per heavy atom. The van der Waals surface area contributed by atoms with E-state index in [-0.39, 0.29) is 11.3 Å². The molecule has 0 spiro atoms. The number of rotatable bonds is 8. The van der Waals surface area contributed by atoms with Crippen LogP contribution in [-0.4, -0.2) is 41.6 Å². The number of aromatic nitrogens is 2. The number of benzene rings is 1. The van der Waals surface area contributed by atoms with Crippen LogP contribution >= 0.6 is 0 Å². The van der Waals surface area contributed by atoms with E-state index in [0.717, 1.165) is 65.9 Å². The first-order valence-electron chi connectivity index (χ1n) is 12.1. The molecule has 0 atom stereocenters. The SMILES string of the molecule is CCN(c1cc(CC(C)=O)cc2c(NCc3c(C)cc(C)[nH]c3=O)nccc12)C1CCOCC1. The lowest BCUT2D eigenvalue weighted by atomic mass is 9.99. The molecule has 34 heavy (non-hydrogen) atoms. The quantitative estimate of drug-likeness (QED) is 0.519. The monoisotopic (exact) mass is 462 g/mol. The topological polar surface area (TPSA) is 87.3 Å². The van der Waals surface area contributed by atoms with Crippen LogP contribution in [0, 0.1) is 13.8 Å². The second-order valence-corrected chi connectivity index (χ2v) is 9.17. The molecule has 0 unspecified atom stereocenters. The number of carbonyl (C=O) groups is 1. The van der Waals surface area contributed by atoms with E-state index in [0.29, 0.717) is 30.4 Å². The fourth-order valence-corrected chi connectivity index (χ4v) is 4.99. The summed E-state index contributed by atoms with van der Waals surface area (Å²) in [5.41, 5.74) is 4.50. The Balaban J connectivity index is 1.77. The molecule has 1 aliphatic heterocycles. The molecule has 1 aromatic carbocycles. The Kier molecular flexibility index (Phi) is 7.32. The fraction of sp³-hybridized carbons (Fsp3) is 0.444. The Morgan fingerprint density at radius 2 is 1.97 bits per heavy atom. The van der Waals surface area contributed by atoms with Crippen LogP contribution in [0.4, 0.5) is 11.5 Å². The van der Waals surface area contributed by atoms with Crippen LogP contribution in [0.5, 0.6) is 0 Å². The van der Waals surface area contributed by atoms with Crippen LogP contribution in [0.15, 0.2) is 35.3 Å². The number of anilines is 2. The molecule has 1 aliphatic rings. The minimum atomic E-state index is -0.0835. The van der Waals surface area contributed by atoms with Crippen molar-refractivity contribution < 1.29 is 9.53 Å². The van der Waals surface area contributed by atoms with Crippen molar-refractivity contribution in [2.45, 2.75) is 59.5 Å². The number of Topliss-reactive ketones (excluding diaryl/α,β-unsaturated/α-hetero) is 1. The number of hydrogen-bond acceptors (Lipinski definition) is 6. The Bertz CT molecular complexity index is 1240. The molecule has 3 aromatic rings. The molecule has 0 saturated carbocycles.